The molecular formula is C16H26N2S. The van der Waals surface area contributed by atoms with Crippen molar-refractivity contribution in [3.63, 3.8) is 0 Å². The third-order valence-corrected chi connectivity index (χ3v) is 5.17. The molecule has 19 heavy (non-hydrogen) atoms. The van der Waals surface area contributed by atoms with Crippen molar-refractivity contribution < 1.29 is 0 Å². The number of rotatable bonds is 5. The van der Waals surface area contributed by atoms with E-state index < -0.39 is 0 Å². The molecule has 3 N–H and O–H groups in total. The van der Waals surface area contributed by atoms with Crippen LogP contribution in [0.15, 0.2) is 24.3 Å². The summed E-state index contributed by atoms with van der Waals surface area (Å²) in [4.78, 5) is 0. The molecule has 1 atom stereocenters. The van der Waals surface area contributed by atoms with Gasteiger partial charge in [-0.05, 0) is 53.7 Å². The summed E-state index contributed by atoms with van der Waals surface area (Å²) in [6.07, 6.45) is 3.85. The van der Waals surface area contributed by atoms with E-state index in [-0.39, 0.29) is 0 Å². The lowest BCUT2D eigenvalue weighted by molar-refractivity contribution is 0.374. The van der Waals surface area contributed by atoms with Crippen molar-refractivity contribution in [3.8, 4) is 0 Å². The van der Waals surface area contributed by atoms with E-state index in [1.54, 1.807) is 0 Å². The van der Waals surface area contributed by atoms with Gasteiger partial charge in [-0.3, -0.25) is 11.3 Å². The molecule has 1 fully saturated rings. The normalized spacial score (nSPS) is 18.7. The molecule has 0 radical (unpaired) electrons. The van der Waals surface area contributed by atoms with E-state index in [1.807, 2.05) is 0 Å². The van der Waals surface area contributed by atoms with Gasteiger partial charge < -0.3 is 0 Å². The minimum atomic E-state index is 0.300. The number of hydrogen-bond donors (Lipinski definition) is 2. The zero-order valence-corrected chi connectivity index (χ0v) is 12.9. The molecule has 0 saturated carbocycles. The van der Waals surface area contributed by atoms with E-state index >= 15 is 0 Å². The first-order valence-electron chi connectivity index (χ1n) is 7.34. The van der Waals surface area contributed by atoms with Crippen LogP contribution < -0.4 is 11.3 Å². The highest BCUT2D eigenvalue weighted by Crippen LogP contribution is 2.31. The molecule has 1 unspecified atom stereocenters. The summed E-state index contributed by atoms with van der Waals surface area (Å²) >= 11 is 2.08. The second-order valence-corrected chi connectivity index (χ2v) is 7.06. The molecule has 1 aliphatic rings. The van der Waals surface area contributed by atoms with Gasteiger partial charge in [0.15, 0.2) is 0 Å². The van der Waals surface area contributed by atoms with Crippen LogP contribution in [0, 0.1) is 5.92 Å². The fraction of sp³-hybridized carbons (Fsp3) is 0.625. The van der Waals surface area contributed by atoms with Gasteiger partial charge in [-0.2, -0.15) is 11.8 Å². The molecule has 2 rings (SSSR count). The van der Waals surface area contributed by atoms with Crippen LogP contribution in [0.3, 0.4) is 0 Å². The van der Waals surface area contributed by atoms with E-state index in [0.29, 0.717) is 12.0 Å². The Bertz CT molecular complexity index is 369. The van der Waals surface area contributed by atoms with Gasteiger partial charge in [-0.15, -0.1) is 0 Å². The van der Waals surface area contributed by atoms with Gasteiger partial charge in [-0.25, -0.2) is 0 Å². The maximum atomic E-state index is 5.76. The van der Waals surface area contributed by atoms with Crippen LogP contribution in [0.5, 0.6) is 0 Å². The van der Waals surface area contributed by atoms with Crippen LogP contribution in [-0.4, -0.2) is 11.5 Å². The molecule has 0 bridgehead atoms. The van der Waals surface area contributed by atoms with Crippen LogP contribution in [-0.2, 0) is 0 Å². The number of hydrazine groups is 1. The van der Waals surface area contributed by atoms with Crippen molar-refractivity contribution in [2.45, 2.75) is 45.1 Å². The molecule has 0 amide bonds. The van der Waals surface area contributed by atoms with Gasteiger partial charge in [0.25, 0.3) is 0 Å². The van der Waals surface area contributed by atoms with Crippen molar-refractivity contribution in [2.75, 3.05) is 11.5 Å². The average molecular weight is 278 g/mol. The third kappa shape index (κ3) is 4.23. The van der Waals surface area contributed by atoms with Crippen LogP contribution in [0.2, 0.25) is 0 Å². The topological polar surface area (TPSA) is 38.0 Å². The Morgan fingerprint density at radius 3 is 2.26 bits per heavy atom. The van der Waals surface area contributed by atoms with E-state index in [2.05, 4.69) is 55.3 Å². The number of nitrogens with one attached hydrogen (secondary N) is 1. The van der Waals surface area contributed by atoms with Gasteiger partial charge in [0.2, 0.25) is 0 Å². The molecule has 0 aliphatic carbocycles. The predicted molar refractivity (Wildman–Crippen MR) is 85.3 cm³/mol. The number of thioether (sulfide) groups is 1. The molecule has 1 aromatic rings. The Kier molecular flexibility index (Phi) is 5.74. The fourth-order valence-corrected chi connectivity index (χ4v) is 3.93. The Morgan fingerprint density at radius 2 is 1.74 bits per heavy atom. The second kappa shape index (κ2) is 7.32. The standard InChI is InChI=1S/C16H26N2S/c1-12(2)14-3-5-15(6-4-14)16(18-17)11-13-7-9-19-10-8-13/h3-6,12-13,16,18H,7-11,17H2,1-2H3. The summed E-state index contributed by atoms with van der Waals surface area (Å²) in [6.45, 7) is 4.46. The molecule has 2 nitrogen and oxygen atoms in total. The lowest BCUT2D eigenvalue weighted by Crippen LogP contribution is -2.30. The Balaban J connectivity index is 1.99. The SMILES string of the molecule is CC(C)c1ccc(C(CC2CCSCC2)NN)cc1. The van der Waals surface area contributed by atoms with Crippen molar-refractivity contribution in [2.24, 2.45) is 11.8 Å². The van der Waals surface area contributed by atoms with Gasteiger partial charge in [0.05, 0.1) is 0 Å². The molecule has 1 saturated heterocycles. The lowest BCUT2D eigenvalue weighted by atomic mass is 9.90. The lowest BCUT2D eigenvalue weighted by Gasteiger charge is -2.26. The minimum absolute atomic E-state index is 0.300. The van der Waals surface area contributed by atoms with E-state index in [1.165, 1.54) is 35.5 Å². The Hall–Kier alpha value is -0.510. The molecule has 1 aromatic carbocycles. The molecule has 1 heterocycles. The smallest absolute Gasteiger partial charge is 0.0462 e. The first kappa shape index (κ1) is 14.9. The average Bonchev–Trinajstić information content (AvgIpc) is 2.46. The van der Waals surface area contributed by atoms with Gasteiger partial charge in [0.1, 0.15) is 0 Å². The summed E-state index contributed by atoms with van der Waals surface area (Å²) in [5.74, 6) is 9.81. The van der Waals surface area contributed by atoms with Crippen LogP contribution >= 0.6 is 11.8 Å². The summed E-state index contributed by atoms with van der Waals surface area (Å²) < 4.78 is 0. The molecular weight excluding hydrogens is 252 g/mol. The van der Waals surface area contributed by atoms with Gasteiger partial charge >= 0.3 is 0 Å². The highest BCUT2D eigenvalue weighted by molar-refractivity contribution is 7.99. The number of hydrogen-bond acceptors (Lipinski definition) is 3. The first-order valence-corrected chi connectivity index (χ1v) is 8.50. The Morgan fingerprint density at radius 1 is 1.16 bits per heavy atom. The van der Waals surface area contributed by atoms with Crippen LogP contribution in [0.4, 0.5) is 0 Å². The predicted octanol–water partition coefficient (Wildman–Crippen LogP) is 3.85. The van der Waals surface area contributed by atoms with E-state index in [9.17, 15) is 0 Å². The highest BCUT2D eigenvalue weighted by atomic mass is 32.2. The molecule has 1 aliphatic heterocycles. The number of nitrogens with two attached hydrogens (primary N) is 1. The van der Waals surface area contributed by atoms with Crippen LogP contribution in [0.1, 0.15) is 56.2 Å². The minimum Gasteiger partial charge on any atom is -0.271 e. The van der Waals surface area contributed by atoms with Crippen molar-refractivity contribution in [1.29, 1.82) is 0 Å². The van der Waals surface area contributed by atoms with E-state index in [0.717, 1.165) is 12.3 Å². The molecule has 0 aromatic heterocycles. The van der Waals surface area contributed by atoms with Crippen molar-refractivity contribution >= 4 is 11.8 Å². The quantitative estimate of drug-likeness (QED) is 0.634. The van der Waals surface area contributed by atoms with Crippen molar-refractivity contribution in [1.82, 2.24) is 5.43 Å². The zero-order chi connectivity index (χ0) is 13.7. The van der Waals surface area contributed by atoms with Crippen molar-refractivity contribution in [3.05, 3.63) is 35.4 Å². The van der Waals surface area contributed by atoms with E-state index in [4.69, 9.17) is 5.84 Å². The Labute approximate surface area is 121 Å². The first-order chi connectivity index (χ1) is 9.20. The monoisotopic (exact) mass is 278 g/mol. The summed E-state index contributed by atoms with van der Waals surface area (Å²) in [7, 11) is 0. The summed E-state index contributed by atoms with van der Waals surface area (Å²) in [5.41, 5.74) is 5.73. The molecule has 3 heteroatoms. The molecule has 106 valence electrons. The summed E-state index contributed by atoms with van der Waals surface area (Å²) in [5, 5.41) is 0. The number of benzene rings is 1. The third-order valence-electron chi connectivity index (χ3n) is 4.12. The fourth-order valence-electron chi connectivity index (χ4n) is 2.73. The highest BCUT2D eigenvalue weighted by Gasteiger charge is 2.19. The molecule has 0 spiro atoms. The zero-order valence-electron chi connectivity index (χ0n) is 12.1. The van der Waals surface area contributed by atoms with Gasteiger partial charge in [-0.1, -0.05) is 38.1 Å². The second-order valence-electron chi connectivity index (χ2n) is 5.83. The van der Waals surface area contributed by atoms with Gasteiger partial charge in [0, 0.05) is 6.04 Å². The maximum absolute atomic E-state index is 5.76. The van der Waals surface area contributed by atoms with Crippen LogP contribution in [0.25, 0.3) is 0 Å². The largest absolute Gasteiger partial charge is 0.271 e. The summed E-state index contributed by atoms with van der Waals surface area (Å²) in [6, 6.07) is 9.24. The maximum Gasteiger partial charge on any atom is 0.0462 e.